The van der Waals surface area contributed by atoms with E-state index in [9.17, 15) is 14.7 Å². The lowest BCUT2D eigenvalue weighted by atomic mass is 10.2. The molecule has 3 aromatic rings. The number of carbonyl (C=O) groups is 2. The van der Waals surface area contributed by atoms with Crippen molar-refractivity contribution in [2.24, 2.45) is 0 Å². The van der Waals surface area contributed by atoms with Crippen molar-refractivity contribution in [2.45, 2.75) is 12.8 Å². The number of carbonyl (C=O) groups excluding carboxylic acids is 2. The van der Waals surface area contributed by atoms with Crippen LogP contribution in [0.4, 0.5) is 5.69 Å². The highest BCUT2D eigenvalue weighted by molar-refractivity contribution is 5.92. The average Bonchev–Trinajstić information content (AvgIpc) is 3.24. The number of hydrogen-bond acceptors (Lipinski definition) is 7. The van der Waals surface area contributed by atoms with Crippen molar-refractivity contribution in [3.05, 3.63) is 42.7 Å². The minimum atomic E-state index is -1.26. The fraction of sp³-hybridized carbons (Fsp3) is 0.125. The Morgan fingerprint density at radius 3 is 2.46 bits per heavy atom. The van der Waals surface area contributed by atoms with E-state index in [1.54, 1.807) is 36.4 Å². The molecule has 2 heterocycles. The number of anilines is 1. The van der Waals surface area contributed by atoms with E-state index in [-0.39, 0.29) is 18.7 Å². The van der Waals surface area contributed by atoms with Crippen molar-refractivity contribution in [1.29, 1.82) is 0 Å². The number of hydrogen-bond donors (Lipinski definition) is 1. The van der Waals surface area contributed by atoms with E-state index in [4.69, 9.17) is 8.83 Å². The molecule has 0 radical (unpaired) electrons. The number of carboxylic acid groups (broad SMARTS) is 1. The summed E-state index contributed by atoms with van der Waals surface area (Å²) in [6, 6.07) is 10.1. The molecule has 2 aromatic heterocycles. The molecule has 1 aromatic carbocycles. The highest BCUT2D eigenvalue weighted by Crippen LogP contribution is 2.25. The summed E-state index contributed by atoms with van der Waals surface area (Å²) in [5, 5.41) is 20.8. The lowest BCUT2D eigenvalue weighted by Gasteiger charge is -2.06. The summed E-state index contributed by atoms with van der Waals surface area (Å²) in [4.78, 5) is 21.9. The Morgan fingerprint density at radius 1 is 1.04 bits per heavy atom. The molecule has 0 aliphatic carbocycles. The van der Waals surface area contributed by atoms with E-state index < -0.39 is 11.9 Å². The van der Waals surface area contributed by atoms with Gasteiger partial charge >= 0.3 is 0 Å². The smallest absolute Gasteiger partial charge is 0.283 e. The number of furan rings is 1. The maximum Gasteiger partial charge on any atom is 0.283 e. The number of aliphatic carboxylic acids is 1. The SMILES string of the molecule is O=C([O-])CCC(=O)Nc1ccc(-c2nnc(-c3ccco3)o2)cc1. The number of benzene rings is 1. The minimum Gasteiger partial charge on any atom is -0.550 e. The van der Waals surface area contributed by atoms with Gasteiger partial charge in [-0.3, -0.25) is 4.79 Å². The van der Waals surface area contributed by atoms with Crippen molar-refractivity contribution < 1.29 is 23.5 Å². The van der Waals surface area contributed by atoms with Crippen molar-refractivity contribution in [1.82, 2.24) is 10.2 Å². The molecule has 0 aliphatic heterocycles. The first-order valence-electron chi connectivity index (χ1n) is 7.09. The zero-order valence-corrected chi connectivity index (χ0v) is 12.4. The predicted molar refractivity (Wildman–Crippen MR) is 80.3 cm³/mol. The number of nitrogens with one attached hydrogen (secondary N) is 1. The van der Waals surface area contributed by atoms with Crippen LogP contribution >= 0.6 is 0 Å². The first-order chi connectivity index (χ1) is 11.6. The zero-order valence-electron chi connectivity index (χ0n) is 12.4. The van der Waals surface area contributed by atoms with Gasteiger partial charge in [0.25, 0.3) is 5.89 Å². The van der Waals surface area contributed by atoms with E-state index in [1.807, 2.05) is 0 Å². The van der Waals surface area contributed by atoms with E-state index in [0.717, 1.165) is 0 Å². The first kappa shape index (κ1) is 15.5. The Bertz CT molecular complexity index is 837. The molecular weight excluding hydrogens is 314 g/mol. The first-order valence-corrected chi connectivity index (χ1v) is 7.09. The third kappa shape index (κ3) is 3.67. The topological polar surface area (TPSA) is 121 Å². The molecular formula is C16H12N3O5-. The second-order valence-electron chi connectivity index (χ2n) is 4.89. The second kappa shape index (κ2) is 6.78. The average molecular weight is 326 g/mol. The third-order valence-electron chi connectivity index (χ3n) is 3.13. The monoisotopic (exact) mass is 326 g/mol. The van der Waals surface area contributed by atoms with Crippen LogP contribution in [0.15, 0.2) is 51.5 Å². The Balaban J connectivity index is 1.66. The van der Waals surface area contributed by atoms with E-state index in [0.29, 0.717) is 22.9 Å². The maximum absolute atomic E-state index is 11.6. The number of rotatable bonds is 6. The Kier molecular flexibility index (Phi) is 4.37. The van der Waals surface area contributed by atoms with E-state index in [1.165, 1.54) is 6.26 Å². The van der Waals surface area contributed by atoms with E-state index in [2.05, 4.69) is 15.5 Å². The summed E-state index contributed by atoms with van der Waals surface area (Å²) in [6.07, 6.45) is 1.05. The fourth-order valence-electron chi connectivity index (χ4n) is 1.97. The van der Waals surface area contributed by atoms with Gasteiger partial charge < -0.3 is 24.1 Å². The molecule has 0 fully saturated rings. The second-order valence-corrected chi connectivity index (χ2v) is 4.89. The van der Waals surface area contributed by atoms with Crippen LogP contribution in [0.5, 0.6) is 0 Å². The van der Waals surface area contributed by atoms with Gasteiger partial charge in [-0.2, -0.15) is 0 Å². The van der Waals surface area contributed by atoms with Gasteiger partial charge in [-0.05, 0) is 42.8 Å². The summed E-state index contributed by atoms with van der Waals surface area (Å²) in [6.45, 7) is 0. The normalized spacial score (nSPS) is 10.5. The third-order valence-corrected chi connectivity index (χ3v) is 3.13. The van der Waals surface area contributed by atoms with Crippen LogP contribution in [0.3, 0.4) is 0 Å². The number of nitrogens with zero attached hydrogens (tertiary/aromatic N) is 2. The molecule has 0 atom stereocenters. The van der Waals surface area contributed by atoms with Gasteiger partial charge in [0.2, 0.25) is 11.8 Å². The van der Waals surface area contributed by atoms with Crippen molar-refractivity contribution in [3.63, 3.8) is 0 Å². The van der Waals surface area contributed by atoms with Gasteiger partial charge in [0.1, 0.15) is 0 Å². The van der Waals surface area contributed by atoms with Crippen LogP contribution in [0, 0.1) is 0 Å². The predicted octanol–water partition coefficient (Wildman–Crippen LogP) is 1.47. The number of amides is 1. The fourth-order valence-corrected chi connectivity index (χ4v) is 1.97. The Morgan fingerprint density at radius 2 is 1.79 bits per heavy atom. The Hall–Kier alpha value is -3.42. The highest BCUT2D eigenvalue weighted by Gasteiger charge is 2.12. The molecule has 3 rings (SSSR count). The van der Waals surface area contributed by atoms with Crippen molar-refractivity contribution in [2.75, 3.05) is 5.32 Å². The van der Waals surface area contributed by atoms with Crippen LogP contribution in [-0.4, -0.2) is 22.1 Å². The van der Waals surface area contributed by atoms with Crippen LogP contribution in [-0.2, 0) is 9.59 Å². The lowest BCUT2D eigenvalue weighted by Crippen LogP contribution is -2.24. The van der Waals surface area contributed by atoms with Crippen LogP contribution in [0.1, 0.15) is 12.8 Å². The molecule has 0 aliphatic rings. The summed E-state index contributed by atoms with van der Waals surface area (Å²) in [5.74, 6) is -0.592. The Labute approximate surface area is 136 Å². The number of carboxylic acids is 1. The van der Waals surface area contributed by atoms with Crippen LogP contribution < -0.4 is 10.4 Å². The van der Waals surface area contributed by atoms with Gasteiger partial charge in [0.15, 0.2) is 5.76 Å². The molecule has 1 amide bonds. The standard InChI is InChI=1S/C16H13N3O5/c20-13(7-8-14(21)22)17-11-5-3-10(4-6-11)15-18-19-16(24-15)12-2-1-9-23-12/h1-6,9H,7-8H2,(H,17,20)(H,21,22)/p-1. The molecule has 122 valence electrons. The maximum atomic E-state index is 11.6. The van der Waals surface area contributed by atoms with Gasteiger partial charge in [-0.25, -0.2) is 0 Å². The van der Waals surface area contributed by atoms with Crippen molar-refractivity contribution >= 4 is 17.6 Å². The van der Waals surface area contributed by atoms with E-state index >= 15 is 0 Å². The largest absolute Gasteiger partial charge is 0.550 e. The molecule has 8 heteroatoms. The van der Waals surface area contributed by atoms with Crippen molar-refractivity contribution in [3.8, 4) is 23.1 Å². The summed E-state index contributed by atoms with van der Waals surface area (Å²) >= 11 is 0. The molecule has 0 saturated heterocycles. The zero-order chi connectivity index (χ0) is 16.9. The van der Waals surface area contributed by atoms with Crippen LogP contribution in [0.25, 0.3) is 23.1 Å². The van der Waals surface area contributed by atoms with Gasteiger partial charge in [0, 0.05) is 23.6 Å². The molecule has 0 unspecified atom stereocenters. The molecule has 0 bridgehead atoms. The lowest BCUT2D eigenvalue weighted by molar-refractivity contribution is -0.305. The highest BCUT2D eigenvalue weighted by atomic mass is 16.4. The van der Waals surface area contributed by atoms with Gasteiger partial charge in [0.05, 0.1) is 6.26 Å². The summed E-state index contributed by atoms with van der Waals surface area (Å²) in [7, 11) is 0. The molecule has 8 nitrogen and oxygen atoms in total. The minimum absolute atomic E-state index is 0.139. The quantitative estimate of drug-likeness (QED) is 0.727. The molecule has 0 spiro atoms. The van der Waals surface area contributed by atoms with Crippen LogP contribution in [0.2, 0.25) is 0 Å². The molecule has 1 N–H and O–H groups in total. The molecule has 0 saturated carbocycles. The van der Waals surface area contributed by atoms with Gasteiger partial charge in [-0.15, -0.1) is 10.2 Å². The molecule has 24 heavy (non-hydrogen) atoms. The summed E-state index contributed by atoms with van der Waals surface area (Å²) < 4.78 is 10.7. The van der Waals surface area contributed by atoms with Gasteiger partial charge in [-0.1, -0.05) is 0 Å². The number of aromatic nitrogens is 2. The summed E-state index contributed by atoms with van der Waals surface area (Å²) in [5.41, 5.74) is 1.21.